The molecule has 1 atom stereocenters. The second-order valence-electron chi connectivity index (χ2n) is 8.85. The first-order valence-electron chi connectivity index (χ1n) is 11.4. The van der Waals surface area contributed by atoms with E-state index in [0.29, 0.717) is 30.3 Å². The van der Waals surface area contributed by atoms with Crippen LogP contribution in [0.5, 0.6) is 5.75 Å². The molecule has 1 N–H and O–H groups in total. The van der Waals surface area contributed by atoms with E-state index < -0.39 is 6.10 Å². The second-order valence-corrected chi connectivity index (χ2v) is 8.85. The molecule has 6 rings (SSSR count). The predicted octanol–water partition coefficient (Wildman–Crippen LogP) is 3.37. The minimum Gasteiger partial charge on any atom is -0.487 e. The average Bonchev–Trinajstić information content (AvgIpc) is 3.34. The Morgan fingerprint density at radius 3 is 2.65 bits per heavy atom. The number of para-hydroxylation sites is 1. The average molecular weight is 457 g/mol. The molecule has 9 nitrogen and oxygen atoms in total. The SMILES string of the molecule is OC1CC2(CCN(c3ccc(-c4nnc(Cc5cccnc5)o4)nn3)CC2)Oc2ccccc21. The Kier molecular flexibility index (Phi) is 5.18. The topological polar surface area (TPSA) is 110 Å². The predicted molar refractivity (Wildman–Crippen MR) is 123 cm³/mol. The Hall–Kier alpha value is -3.85. The zero-order valence-corrected chi connectivity index (χ0v) is 18.5. The summed E-state index contributed by atoms with van der Waals surface area (Å²) in [5, 5.41) is 27.6. The van der Waals surface area contributed by atoms with Crippen LogP contribution in [0.3, 0.4) is 0 Å². The zero-order valence-electron chi connectivity index (χ0n) is 18.5. The molecule has 3 aromatic heterocycles. The third-order valence-electron chi connectivity index (χ3n) is 6.58. The van der Waals surface area contributed by atoms with Crippen molar-refractivity contribution in [1.82, 2.24) is 25.4 Å². The number of hydrogen-bond acceptors (Lipinski definition) is 9. The lowest BCUT2D eigenvalue weighted by Gasteiger charge is -2.46. The molecule has 2 aliphatic heterocycles. The maximum absolute atomic E-state index is 10.6. The van der Waals surface area contributed by atoms with Crippen molar-refractivity contribution in [2.45, 2.75) is 37.4 Å². The van der Waals surface area contributed by atoms with E-state index in [1.807, 2.05) is 48.5 Å². The number of hydrogen-bond donors (Lipinski definition) is 1. The minimum absolute atomic E-state index is 0.341. The fraction of sp³-hybridized carbons (Fsp3) is 0.320. The molecule has 0 saturated carbocycles. The normalized spacial score (nSPS) is 19.0. The Balaban J connectivity index is 1.11. The molecule has 0 radical (unpaired) electrons. The van der Waals surface area contributed by atoms with Gasteiger partial charge in [-0.25, -0.2) is 0 Å². The summed E-state index contributed by atoms with van der Waals surface area (Å²) in [6, 6.07) is 15.4. The van der Waals surface area contributed by atoms with Crippen LogP contribution < -0.4 is 9.64 Å². The molecule has 1 unspecified atom stereocenters. The molecular formula is C25H24N6O3. The summed E-state index contributed by atoms with van der Waals surface area (Å²) in [4.78, 5) is 6.30. The summed E-state index contributed by atoms with van der Waals surface area (Å²) in [6.45, 7) is 1.55. The lowest BCUT2D eigenvalue weighted by atomic mass is 9.81. The van der Waals surface area contributed by atoms with Gasteiger partial charge >= 0.3 is 0 Å². The molecular weight excluding hydrogens is 432 g/mol. The van der Waals surface area contributed by atoms with E-state index in [9.17, 15) is 5.11 Å². The number of fused-ring (bicyclic) bond motifs is 1. The third-order valence-corrected chi connectivity index (χ3v) is 6.58. The van der Waals surface area contributed by atoms with Gasteiger partial charge in [0.1, 0.15) is 17.0 Å². The number of aromatic nitrogens is 5. The summed E-state index contributed by atoms with van der Waals surface area (Å²) in [6.07, 6.45) is 5.76. The van der Waals surface area contributed by atoms with E-state index in [2.05, 4.69) is 30.3 Å². The van der Waals surface area contributed by atoms with Crippen LogP contribution >= 0.6 is 0 Å². The number of aliphatic hydroxyl groups is 1. The maximum atomic E-state index is 10.6. The molecule has 34 heavy (non-hydrogen) atoms. The summed E-state index contributed by atoms with van der Waals surface area (Å²) in [7, 11) is 0. The molecule has 9 heteroatoms. The van der Waals surface area contributed by atoms with E-state index >= 15 is 0 Å². The summed E-state index contributed by atoms with van der Waals surface area (Å²) in [5.74, 6) is 2.44. The monoisotopic (exact) mass is 456 g/mol. The maximum Gasteiger partial charge on any atom is 0.268 e. The molecule has 5 heterocycles. The van der Waals surface area contributed by atoms with Crippen molar-refractivity contribution in [2.24, 2.45) is 0 Å². The van der Waals surface area contributed by atoms with Crippen LogP contribution in [0.4, 0.5) is 5.82 Å². The lowest BCUT2D eigenvalue weighted by molar-refractivity contribution is -0.0300. The van der Waals surface area contributed by atoms with Crippen LogP contribution in [0, 0.1) is 0 Å². The van der Waals surface area contributed by atoms with Gasteiger partial charge in [0.15, 0.2) is 5.82 Å². The zero-order chi connectivity index (χ0) is 23.0. The fourth-order valence-electron chi connectivity index (χ4n) is 4.75. The largest absolute Gasteiger partial charge is 0.487 e. The Labute approximate surface area is 196 Å². The number of pyridine rings is 1. The molecule has 172 valence electrons. The number of anilines is 1. The molecule has 1 spiro atoms. The van der Waals surface area contributed by atoms with Crippen LogP contribution in [0.15, 0.2) is 65.3 Å². The molecule has 1 aromatic carbocycles. The van der Waals surface area contributed by atoms with Crippen molar-refractivity contribution in [3.05, 3.63) is 77.9 Å². The van der Waals surface area contributed by atoms with Crippen molar-refractivity contribution >= 4 is 5.82 Å². The van der Waals surface area contributed by atoms with E-state index in [4.69, 9.17) is 9.15 Å². The first-order valence-corrected chi connectivity index (χ1v) is 11.4. The van der Waals surface area contributed by atoms with Crippen LogP contribution in [0.2, 0.25) is 0 Å². The number of benzene rings is 1. The van der Waals surface area contributed by atoms with Crippen molar-refractivity contribution in [3.8, 4) is 17.3 Å². The van der Waals surface area contributed by atoms with Crippen molar-refractivity contribution in [3.63, 3.8) is 0 Å². The van der Waals surface area contributed by atoms with E-state index in [0.717, 1.165) is 48.6 Å². The van der Waals surface area contributed by atoms with Crippen LogP contribution in [0.25, 0.3) is 11.6 Å². The molecule has 1 fully saturated rings. The van der Waals surface area contributed by atoms with Crippen LogP contribution in [-0.4, -0.2) is 49.2 Å². The number of piperidine rings is 1. The van der Waals surface area contributed by atoms with Gasteiger partial charge in [-0.15, -0.1) is 20.4 Å². The van der Waals surface area contributed by atoms with Crippen LogP contribution in [-0.2, 0) is 6.42 Å². The third kappa shape index (κ3) is 3.99. The summed E-state index contributed by atoms with van der Waals surface area (Å²) in [5.41, 5.74) is 2.07. The standard InChI is InChI=1S/C25H24N6O3/c32-20-15-25(34-21-6-2-1-5-18(20)21)9-12-31(13-10-25)22-8-7-19(27-28-22)24-30-29-23(33-24)14-17-4-3-11-26-16-17/h1-8,11,16,20,32H,9-10,12-15H2. The van der Waals surface area contributed by atoms with Gasteiger partial charge in [0.25, 0.3) is 5.89 Å². The second kappa shape index (κ2) is 8.49. The Morgan fingerprint density at radius 2 is 1.85 bits per heavy atom. The number of ether oxygens (including phenoxy) is 1. The first kappa shape index (κ1) is 20.7. The van der Waals surface area contributed by atoms with E-state index in [-0.39, 0.29) is 5.60 Å². The van der Waals surface area contributed by atoms with E-state index in [1.165, 1.54) is 0 Å². The van der Waals surface area contributed by atoms with Gasteiger partial charge in [-0.05, 0) is 29.8 Å². The molecule has 0 bridgehead atoms. The number of nitrogens with zero attached hydrogens (tertiary/aromatic N) is 6. The lowest BCUT2D eigenvalue weighted by Crippen LogP contribution is -2.50. The first-order chi connectivity index (χ1) is 16.7. The highest BCUT2D eigenvalue weighted by molar-refractivity contribution is 5.49. The Bertz CT molecular complexity index is 1270. The molecule has 0 amide bonds. The highest BCUT2D eigenvalue weighted by Crippen LogP contribution is 2.44. The van der Waals surface area contributed by atoms with Gasteiger partial charge in [0.05, 0.1) is 12.5 Å². The quantitative estimate of drug-likeness (QED) is 0.494. The highest BCUT2D eigenvalue weighted by Gasteiger charge is 2.43. The minimum atomic E-state index is -0.493. The summed E-state index contributed by atoms with van der Waals surface area (Å²) < 4.78 is 12.1. The highest BCUT2D eigenvalue weighted by atomic mass is 16.5. The van der Waals surface area contributed by atoms with Gasteiger partial charge < -0.3 is 19.2 Å². The fourth-order valence-corrected chi connectivity index (χ4v) is 4.75. The van der Waals surface area contributed by atoms with Gasteiger partial charge in [-0.2, -0.15) is 0 Å². The number of aliphatic hydroxyl groups excluding tert-OH is 1. The Morgan fingerprint density at radius 1 is 0.971 bits per heavy atom. The molecule has 2 aliphatic rings. The molecule has 4 aromatic rings. The molecule has 1 saturated heterocycles. The van der Waals surface area contributed by atoms with Crippen molar-refractivity contribution in [1.29, 1.82) is 0 Å². The van der Waals surface area contributed by atoms with Crippen LogP contribution in [0.1, 0.15) is 42.4 Å². The smallest absolute Gasteiger partial charge is 0.268 e. The number of rotatable bonds is 4. The molecule has 0 aliphatic carbocycles. The van der Waals surface area contributed by atoms with Crippen molar-refractivity contribution in [2.75, 3.05) is 18.0 Å². The van der Waals surface area contributed by atoms with Gasteiger partial charge in [0.2, 0.25) is 5.89 Å². The van der Waals surface area contributed by atoms with Gasteiger partial charge in [-0.1, -0.05) is 24.3 Å². The van der Waals surface area contributed by atoms with Gasteiger partial charge in [0, 0.05) is 50.3 Å². The van der Waals surface area contributed by atoms with Crippen molar-refractivity contribution < 1.29 is 14.3 Å². The summed E-state index contributed by atoms with van der Waals surface area (Å²) >= 11 is 0. The van der Waals surface area contributed by atoms with Gasteiger partial charge in [-0.3, -0.25) is 4.98 Å². The van der Waals surface area contributed by atoms with E-state index in [1.54, 1.807) is 12.4 Å².